The number of amides is 1. The van der Waals surface area contributed by atoms with Crippen LogP contribution >= 0.6 is 34.5 Å². The zero-order valence-corrected chi connectivity index (χ0v) is 15.3. The van der Waals surface area contributed by atoms with Crippen molar-refractivity contribution in [2.24, 2.45) is 4.99 Å². The highest BCUT2D eigenvalue weighted by Crippen LogP contribution is 2.29. The number of fused-ring (bicyclic) bond motifs is 1. The number of nitrogens with zero attached hydrogens (tertiary/aromatic N) is 3. The summed E-state index contributed by atoms with van der Waals surface area (Å²) in [5.41, 5.74) is 0.548. The van der Waals surface area contributed by atoms with Crippen molar-refractivity contribution < 1.29 is 9.72 Å². The second-order valence-electron chi connectivity index (χ2n) is 5.13. The van der Waals surface area contributed by atoms with Gasteiger partial charge in [-0.25, -0.2) is 0 Å². The lowest BCUT2D eigenvalue weighted by atomic mass is 10.2. The summed E-state index contributed by atoms with van der Waals surface area (Å²) in [4.78, 5) is 27.2. The summed E-state index contributed by atoms with van der Waals surface area (Å²) in [6, 6.07) is 8.65. The molecule has 3 aromatic rings. The molecule has 130 valence electrons. The van der Waals surface area contributed by atoms with Crippen LogP contribution in [-0.2, 0) is 6.54 Å². The number of benzene rings is 2. The fourth-order valence-electron chi connectivity index (χ4n) is 2.36. The fourth-order valence-corrected chi connectivity index (χ4v) is 4.17. The Morgan fingerprint density at radius 1 is 1.35 bits per heavy atom. The topological polar surface area (TPSA) is 77.5 Å². The van der Waals surface area contributed by atoms with Gasteiger partial charge in [-0.15, -0.1) is 6.42 Å². The minimum atomic E-state index is -0.617. The molecule has 0 aliphatic carbocycles. The first-order chi connectivity index (χ1) is 12.4. The van der Waals surface area contributed by atoms with Gasteiger partial charge in [0, 0.05) is 22.7 Å². The molecule has 0 fully saturated rings. The number of carbonyl (C=O) groups excluding carboxylic acids is 1. The van der Waals surface area contributed by atoms with E-state index in [4.69, 9.17) is 29.6 Å². The van der Waals surface area contributed by atoms with Crippen LogP contribution in [0.3, 0.4) is 0 Å². The highest BCUT2D eigenvalue weighted by Gasteiger charge is 2.14. The average Bonchev–Trinajstić information content (AvgIpc) is 2.92. The first-order valence-corrected chi connectivity index (χ1v) is 8.73. The van der Waals surface area contributed by atoms with Crippen LogP contribution in [0.5, 0.6) is 0 Å². The van der Waals surface area contributed by atoms with Gasteiger partial charge in [0.2, 0.25) is 0 Å². The standard InChI is InChI=1S/C17H9Cl2N3O3S/c1-2-6-21-15-13(19)8-11(18)9-14(15)26-17(21)20-16(23)10-4-3-5-12(7-10)22(24)25/h1,3-5,7-9H,6H2. The van der Waals surface area contributed by atoms with Gasteiger partial charge in [-0.2, -0.15) is 4.99 Å². The van der Waals surface area contributed by atoms with Crippen molar-refractivity contribution in [3.05, 3.63) is 66.9 Å². The Bertz CT molecular complexity index is 1160. The smallest absolute Gasteiger partial charge is 0.279 e. The predicted molar refractivity (Wildman–Crippen MR) is 102 cm³/mol. The summed E-state index contributed by atoms with van der Waals surface area (Å²) in [6.07, 6.45) is 5.42. The molecule has 1 amide bonds. The normalized spacial score (nSPS) is 11.5. The molecule has 3 rings (SSSR count). The molecule has 0 N–H and O–H groups in total. The number of carbonyl (C=O) groups is 1. The van der Waals surface area contributed by atoms with Gasteiger partial charge in [0.05, 0.1) is 26.7 Å². The van der Waals surface area contributed by atoms with Crippen molar-refractivity contribution in [1.29, 1.82) is 0 Å². The second kappa shape index (κ2) is 7.30. The van der Waals surface area contributed by atoms with Gasteiger partial charge in [0.15, 0.2) is 4.80 Å². The molecule has 0 spiro atoms. The molecule has 0 atom stereocenters. The maximum Gasteiger partial charge on any atom is 0.279 e. The van der Waals surface area contributed by atoms with E-state index in [1.54, 1.807) is 16.7 Å². The number of nitro groups is 1. The molecular formula is C17H9Cl2N3O3S. The third-order valence-corrected chi connectivity index (χ3v) is 4.98. The maximum absolute atomic E-state index is 12.5. The summed E-state index contributed by atoms with van der Waals surface area (Å²) < 4.78 is 2.36. The fraction of sp³-hybridized carbons (Fsp3) is 0.0588. The summed E-state index contributed by atoms with van der Waals surface area (Å²) in [7, 11) is 0. The molecule has 26 heavy (non-hydrogen) atoms. The van der Waals surface area contributed by atoms with Gasteiger partial charge < -0.3 is 4.57 Å². The van der Waals surface area contributed by atoms with E-state index in [-0.39, 0.29) is 17.8 Å². The Kier molecular flexibility index (Phi) is 5.09. The molecule has 6 nitrogen and oxygen atoms in total. The molecule has 0 unspecified atom stereocenters. The molecule has 0 aliphatic rings. The first kappa shape index (κ1) is 18.1. The van der Waals surface area contributed by atoms with Crippen LogP contribution in [0.4, 0.5) is 5.69 Å². The monoisotopic (exact) mass is 405 g/mol. The third-order valence-electron chi connectivity index (χ3n) is 3.45. The van der Waals surface area contributed by atoms with E-state index in [1.165, 1.54) is 35.6 Å². The maximum atomic E-state index is 12.5. The van der Waals surface area contributed by atoms with E-state index in [9.17, 15) is 14.9 Å². The molecule has 0 aliphatic heterocycles. The third kappa shape index (κ3) is 3.48. The molecule has 9 heteroatoms. The lowest BCUT2D eigenvalue weighted by molar-refractivity contribution is -0.384. The van der Waals surface area contributed by atoms with E-state index in [0.29, 0.717) is 20.4 Å². The number of rotatable bonds is 3. The Hall–Kier alpha value is -2.66. The highest BCUT2D eigenvalue weighted by molar-refractivity contribution is 7.16. The number of thiazole rings is 1. The summed E-state index contributed by atoms with van der Waals surface area (Å²) in [6.45, 7) is 0.155. The SMILES string of the molecule is C#CCn1c(=NC(=O)c2cccc([N+](=O)[O-])c2)sc2cc(Cl)cc(Cl)c21. The summed E-state index contributed by atoms with van der Waals surface area (Å²) in [5.74, 6) is 1.88. The number of hydrogen-bond donors (Lipinski definition) is 0. The van der Waals surface area contributed by atoms with Crippen molar-refractivity contribution in [3.8, 4) is 12.3 Å². The van der Waals surface area contributed by atoms with Crippen molar-refractivity contribution in [2.45, 2.75) is 6.54 Å². The van der Waals surface area contributed by atoms with Crippen LogP contribution in [0.1, 0.15) is 10.4 Å². The highest BCUT2D eigenvalue weighted by atomic mass is 35.5. The van der Waals surface area contributed by atoms with E-state index in [0.717, 1.165) is 4.70 Å². The van der Waals surface area contributed by atoms with Gasteiger partial charge in [0.25, 0.3) is 11.6 Å². The number of hydrogen-bond acceptors (Lipinski definition) is 4. The van der Waals surface area contributed by atoms with Crippen LogP contribution in [0.25, 0.3) is 10.2 Å². The molecule has 0 bridgehead atoms. The van der Waals surface area contributed by atoms with Gasteiger partial charge >= 0.3 is 0 Å². The number of terminal acetylenes is 1. The number of aromatic nitrogens is 1. The number of halogens is 2. The Morgan fingerprint density at radius 3 is 2.81 bits per heavy atom. The minimum Gasteiger partial charge on any atom is -0.303 e. The Morgan fingerprint density at radius 2 is 2.12 bits per heavy atom. The molecular weight excluding hydrogens is 397 g/mol. The van der Waals surface area contributed by atoms with E-state index < -0.39 is 10.8 Å². The average molecular weight is 406 g/mol. The van der Waals surface area contributed by atoms with Crippen molar-refractivity contribution >= 4 is 56.3 Å². The molecule has 0 saturated heterocycles. The van der Waals surface area contributed by atoms with Crippen LogP contribution in [-0.4, -0.2) is 15.4 Å². The second-order valence-corrected chi connectivity index (χ2v) is 6.99. The van der Waals surface area contributed by atoms with Gasteiger partial charge in [-0.1, -0.05) is 46.5 Å². The van der Waals surface area contributed by atoms with Gasteiger partial charge in [-0.3, -0.25) is 14.9 Å². The van der Waals surface area contributed by atoms with Crippen molar-refractivity contribution in [1.82, 2.24) is 4.57 Å². The van der Waals surface area contributed by atoms with Crippen LogP contribution < -0.4 is 4.80 Å². The van der Waals surface area contributed by atoms with Crippen LogP contribution in [0, 0.1) is 22.5 Å². The summed E-state index contributed by atoms with van der Waals surface area (Å²) in [5, 5.41) is 11.7. The van der Waals surface area contributed by atoms with E-state index in [1.807, 2.05) is 0 Å². The first-order valence-electron chi connectivity index (χ1n) is 7.16. The molecule has 2 aromatic carbocycles. The molecule has 1 heterocycles. The lowest BCUT2D eigenvalue weighted by Crippen LogP contribution is -2.16. The number of nitro benzene ring substituents is 1. The zero-order chi connectivity index (χ0) is 18.8. The van der Waals surface area contributed by atoms with Crippen molar-refractivity contribution in [3.63, 3.8) is 0 Å². The Balaban J connectivity index is 2.18. The lowest BCUT2D eigenvalue weighted by Gasteiger charge is -2.02. The van der Waals surface area contributed by atoms with E-state index >= 15 is 0 Å². The molecule has 0 radical (unpaired) electrons. The van der Waals surface area contributed by atoms with Gasteiger partial charge in [-0.05, 0) is 18.2 Å². The largest absolute Gasteiger partial charge is 0.303 e. The van der Waals surface area contributed by atoms with Gasteiger partial charge in [0.1, 0.15) is 0 Å². The quantitative estimate of drug-likeness (QED) is 0.370. The molecule has 1 aromatic heterocycles. The summed E-state index contributed by atoms with van der Waals surface area (Å²) >= 11 is 13.5. The van der Waals surface area contributed by atoms with E-state index in [2.05, 4.69) is 10.9 Å². The van der Waals surface area contributed by atoms with Crippen molar-refractivity contribution in [2.75, 3.05) is 0 Å². The number of non-ortho nitro benzene ring substituents is 1. The van der Waals surface area contributed by atoms with Crippen LogP contribution in [0.15, 0.2) is 41.4 Å². The predicted octanol–water partition coefficient (Wildman–Crippen LogP) is 4.29. The zero-order valence-electron chi connectivity index (χ0n) is 13.0. The molecule has 0 saturated carbocycles. The minimum absolute atomic E-state index is 0.105. The Labute approximate surface area is 161 Å². The van der Waals surface area contributed by atoms with Crippen LogP contribution in [0.2, 0.25) is 10.0 Å².